The summed E-state index contributed by atoms with van der Waals surface area (Å²) >= 11 is 0. The second-order valence-corrected chi connectivity index (χ2v) is 23.8. The minimum Gasteiger partial charge on any atom is -1.00 e. The average Bonchev–Trinajstić information content (AvgIpc) is 3.65. The van der Waals surface area contributed by atoms with Crippen LogP contribution in [0.15, 0.2) is 72.8 Å². The Morgan fingerprint density at radius 1 is 0.578 bits per heavy atom. The summed E-state index contributed by atoms with van der Waals surface area (Å²) in [6.07, 6.45) is 2.06. The van der Waals surface area contributed by atoms with Gasteiger partial charge in [0.2, 0.25) is 0 Å². The molecule has 0 atom stereocenters. The summed E-state index contributed by atoms with van der Waals surface area (Å²) < 4.78 is 5.30. The van der Waals surface area contributed by atoms with Crippen LogP contribution in [0.3, 0.4) is 0 Å². The van der Waals surface area contributed by atoms with Gasteiger partial charge in [-0.3, -0.25) is 0 Å². The van der Waals surface area contributed by atoms with E-state index in [1.807, 2.05) is 12.1 Å². The van der Waals surface area contributed by atoms with E-state index in [9.17, 15) is 0 Å². The quantitative estimate of drug-likeness (QED) is 0.187. The van der Waals surface area contributed by atoms with E-state index in [2.05, 4.69) is 134 Å². The van der Waals surface area contributed by atoms with Crippen molar-refractivity contribution < 1.29 is 51.0 Å². The van der Waals surface area contributed by atoms with Crippen LogP contribution >= 0.6 is 0 Å². The van der Waals surface area contributed by atoms with E-state index >= 15 is 0 Å². The van der Waals surface area contributed by atoms with E-state index in [4.69, 9.17) is 0 Å². The van der Waals surface area contributed by atoms with Gasteiger partial charge in [0, 0.05) is 21.8 Å². The number of aryl methyl sites for hydroxylation is 2. The summed E-state index contributed by atoms with van der Waals surface area (Å²) in [6, 6.07) is 33.5. The molecule has 0 saturated heterocycles. The number of rotatable bonds is 2. The molecule has 0 N–H and O–H groups in total. The molecule has 6 aromatic rings. The van der Waals surface area contributed by atoms with Gasteiger partial charge in [0.15, 0.2) is 16.5 Å². The summed E-state index contributed by atoms with van der Waals surface area (Å²) in [7, 11) is -2.97. The first-order valence-corrected chi connectivity index (χ1v) is 22.1. The van der Waals surface area contributed by atoms with Gasteiger partial charge in [0.25, 0.3) is 0 Å². The smallest absolute Gasteiger partial charge is 1.00 e. The average molecular weight is 743 g/mol. The molecule has 2 aliphatic rings. The number of benzene rings is 4. The van der Waals surface area contributed by atoms with Crippen LogP contribution in [-0.2, 0) is 39.0 Å². The van der Waals surface area contributed by atoms with Gasteiger partial charge in [0.1, 0.15) is 0 Å². The van der Waals surface area contributed by atoms with Crippen molar-refractivity contribution in [3.8, 4) is 22.5 Å². The van der Waals surface area contributed by atoms with Gasteiger partial charge >= 0.3 is 26.2 Å². The van der Waals surface area contributed by atoms with E-state index < -0.39 is 16.5 Å². The van der Waals surface area contributed by atoms with Crippen molar-refractivity contribution in [2.45, 2.75) is 66.0 Å². The Labute approximate surface area is 302 Å². The first-order chi connectivity index (χ1) is 19.9. The van der Waals surface area contributed by atoms with E-state index in [-0.39, 0.29) is 51.0 Å². The standard InChI is InChI=1S/2C19H20NSi.2ClH.Zr/c2*1-13-9-10-18-16(11-13)17-12-14-7-5-6-8-15(14)19(17)20(18)21(2,3)4;;;/h2*5-6,8-11H,12H2,1-4H3;2*1H;/q2*-1;;;+4/p-2. The number of nitrogens with zero attached hydrogens (tertiary/aromatic N) is 2. The fourth-order valence-corrected chi connectivity index (χ4v) is 11.0. The number of aromatic nitrogens is 2. The second-order valence-electron chi connectivity index (χ2n) is 14.2. The summed E-state index contributed by atoms with van der Waals surface area (Å²) in [5, 5.41) is 2.88. The van der Waals surface area contributed by atoms with Crippen molar-refractivity contribution >= 4 is 38.3 Å². The van der Waals surface area contributed by atoms with Crippen LogP contribution in [0.5, 0.6) is 0 Å². The summed E-state index contributed by atoms with van der Waals surface area (Å²) in [6.45, 7) is 18.9. The molecule has 45 heavy (non-hydrogen) atoms. The van der Waals surface area contributed by atoms with Crippen LogP contribution in [-0.4, -0.2) is 24.9 Å². The summed E-state index contributed by atoms with van der Waals surface area (Å²) in [5.74, 6) is 0. The van der Waals surface area contributed by atoms with Crippen LogP contribution in [0.25, 0.3) is 44.3 Å². The summed E-state index contributed by atoms with van der Waals surface area (Å²) in [4.78, 5) is 0. The zero-order valence-corrected chi connectivity index (χ0v) is 33.5. The molecule has 0 aliphatic heterocycles. The minimum absolute atomic E-state index is 0. The maximum atomic E-state index is 3.44. The Morgan fingerprint density at radius 2 is 0.956 bits per heavy atom. The number of hydrogen-bond acceptors (Lipinski definition) is 0. The largest absolute Gasteiger partial charge is 4.00 e. The normalized spacial score (nSPS) is 12.6. The maximum Gasteiger partial charge on any atom is 4.00 e. The topological polar surface area (TPSA) is 9.86 Å². The molecule has 7 heteroatoms. The van der Waals surface area contributed by atoms with Gasteiger partial charge in [-0.15, -0.1) is 22.3 Å². The predicted molar refractivity (Wildman–Crippen MR) is 185 cm³/mol. The molecule has 2 heterocycles. The van der Waals surface area contributed by atoms with Crippen molar-refractivity contribution in [1.82, 2.24) is 8.47 Å². The molecular weight excluding hydrogens is 703 g/mol. The molecule has 228 valence electrons. The molecule has 2 aromatic heterocycles. The van der Waals surface area contributed by atoms with Crippen molar-refractivity contribution in [2.75, 3.05) is 0 Å². The van der Waals surface area contributed by atoms with Crippen LogP contribution in [0.1, 0.15) is 33.4 Å². The van der Waals surface area contributed by atoms with Gasteiger partial charge < -0.3 is 33.3 Å². The number of hydrogen-bond donors (Lipinski definition) is 0. The zero-order chi connectivity index (χ0) is 29.6. The molecule has 0 saturated carbocycles. The number of halogens is 2. The SMILES string of the molecule is Cc1ccc2c(c1)c1c(n2[Si](C)(C)C)-c2ccc[c-]c2C1.Cc1ccc2c(c1)c1c(n2[Si](C)(C)C)-c2ccc[c-]c2C1.[Cl-].[Cl-].[Zr+4]. The fraction of sp³-hybridized carbons (Fsp3) is 0.263. The van der Waals surface area contributed by atoms with Crippen LogP contribution in [0.2, 0.25) is 39.3 Å². The van der Waals surface area contributed by atoms with E-state index in [0.717, 1.165) is 12.8 Å². The molecule has 0 unspecified atom stereocenters. The first-order valence-electron chi connectivity index (χ1n) is 15.2. The number of fused-ring (bicyclic) bond motifs is 10. The van der Waals surface area contributed by atoms with Crippen LogP contribution < -0.4 is 24.8 Å². The Kier molecular flexibility index (Phi) is 10.2. The molecule has 0 spiro atoms. The zero-order valence-electron chi connectivity index (χ0n) is 27.5. The van der Waals surface area contributed by atoms with Gasteiger partial charge in [-0.05, 0) is 73.5 Å². The molecule has 2 nitrogen and oxygen atoms in total. The van der Waals surface area contributed by atoms with Crippen LogP contribution in [0.4, 0.5) is 0 Å². The van der Waals surface area contributed by atoms with Crippen LogP contribution in [0, 0.1) is 26.0 Å². The van der Waals surface area contributed by atoms with Gasteiger partial charge in [-0.1, -0.05) is 62.5 Å². The molecule has 0 fully saturated rings. The van der Waals surface area contributed by atoms with E-state index in [1.54, 1.807) is 0 Å². The Balaban J connectivity index is 0.000000192. The molecule has 0 bridgehead atoms. The van der Waals surface area contributed by atoms with Crippen molar-refractivity contribution in [3.63, 3.8) is 0 Å². The molecule has 0 amide bonds. The van der Waals surface area contributed by atoms with E-state index in [0.29, 0.717) is 0 Å². The Bertz CT molecular complexity index is 1900. The van der Waals surface area contributed by atoms with Crippen molar-refractivity contribution in [1.29, 1.82) is 0 Å². The molecular formula is C38H40Cl2N2Si2Zr. The third kappa shape index (κ3) is 5.93. The van der Waals surface area contributed by atoms with Crippen molar-refractivity contribution in [3.05, 3.63) is 118 Å². The Hall–Kier alpha value is -2.14. The molecule has 4 aromatic carbocycles. The molecule has 0 radical (unpaired) electrons. The first kappa shape index (κ1) is 35.7. The second kappa shape index (κ2) is 12.8. The minimum atomic E-state index is -1.49. The van der Waals surface area contributed by atoms with Gasteiger partial charge in [-0.2, -0.15) is 48.5 Å². The molecule has 8 rings (SSSR count). The Morgan fingerprint density at radius 3 is 1.31 bits per heavy atom. The third-order valence-corrected chi connectivity index (χ3v) is 12.5. The summed E-state index contributed by atoms with van der Waals surface area (Å²) in [5.41, 5.74) is 17.0. The molecule has 2 aliphatic carbocycles. The van der Waals surface area contributed by atoms with Gasteiger partial charge in [-0.25, -0.2) is 0 Å². The van der Waals surface area contributed by atoms with Crippen molar-refractivity contribution in [2.24, 2.45) is 0 Å². The third-order valence-electron chi connectivity index (χ3n) is 8.90. The van der Waals surface area contributed by atoms with Gasteiger partial charge in [0.05, 0.1) is 0 Å². The monoisotopic (exact) mass is 740 g/mol. The van der Waals surface area contributed by atoms with E-state index in [1.165, 1.54) is 77.7 Å². The fourth-order valence-electron chi connectivity index (χ4n) is 7.29. The maximum absolute atomic E-state index is 3.44. The predicted octanol–water partition coefficient (Wildman–Crippen LogP) is 4.01.